The maximum Gasteiger partial charge on any atom is 0.307 e. The molecule has 126 valence electrons. The molecule has 6 heteroatoms. The summed E-state index contributed by atoms with van der Waals surface area (Å²) in [6, 6.07) is 13.0. The van der Waals surface area contributed by atoms with Gasteiger partial charge in [0.25, 0.3) is 5.91 Å². The maximum absolute atomic E-state index is 12.9. The minimum Gasteiger partial charge on any atom is -0.469 e. The fourth-order valence-electron chi connectivity index (χ4n) is 3.15. The number of aromatic nitrogens is 1. The smallest absolute Gasteiger partial charge is 0.307 e. The Hall–Kier alpha value is -2.60. The Kier molecular flexibility index (Phi) is 4.66. The summed E-state index contributed by atoms with van der Waals surface area (Å²) in [6.07, 6.45) is 1.39. The number of benzene rings is 1. The van der Waals surface area contributed by atoms with Crippen molar-refractivity contribution in [3.8, 4) is 0 Å². The predicted molar refractivity (Wildman–Crippen MR) is 87.2 cm³/mol. The van der Waals surface area contributed by atoms with Crippen molar-refractivity contribution in [1.82, 2.24) is 9.47 Å². The lowest BCUT2D eigenvalue weighted by atomic mass is 10.1. The molecule has 0 saturated heterocycles. The van der Waals surface area contributed by atoms with E-state index in [0.717, 1.165) is 5.56 Å². The third-order valence-electron chi connectivity index (χ3n) is 4.29. The van der Waals surface area contributed by atoms with Crippen molar-refractivity contribution >= 4 is 11.9 Å². The van der Waals surface area contributed by atoms with E-state index >= 15 is 0 Å². The summed E-state index contributed by atoms with van der Waals surface area (Å²) in [5.74, 6) is -0.451. The molecule has 1 aromatic carbocycles. The van der Waals surface area contributed by atoms with E-state index in [9.17, 15) is 9.59 Å². The molecular weight excluding hydrogens is 308 g/mol. The molecule has 0 spiro atoms. The SMILES string of the molecule is COC(=O)C[C@@H]1[C@@H](OC)N(Cc2ccccc2)C(=O)c2cccn21. The molecule has 0 radical (unpaired) electrons. The summed E-state index contributed by atoms with van der Waals surface area (Å²) in [7, 11) is 2.91. The Balaban J connectivity index is 1.96. The van der Waals surface area contributed by atoms with Gasteiger partial charge in [0.15, 0.2) is 6.23 Å². The highest BCUT2D eigenvalue weighted by Gasteiger charge is 2.40. The zero-order chi connectivity index (χ0) is 17.1. The lowest BCUT2D eigenvalue weighted by Crippen LogP contribution is -2.51. The second-order valence-corrected chi connectivity index (χ2v) is 5.69. The first-order valence-corrected chi connectivity index (χ1v) is 7.77. The average molecular weight is 328 g/mol. The van der Waals surface area contributed by atoms with E-state index in [2.05, 4.69) is 0 Å². The van der Waals surface area contributed by atoms with Crippen LogP contribution in [0.15, 0.2) is 48.7 Å². The molecule has 0 fully saturated rings. The van der Waals surface area contributed by atoms with Gasteiger partial charge in [-0.3, -0.25) is 9.59 Å². The van der Waals surface area contributed by atoms with Crippen molar-refractivity contribution in [1.29, 1.82) is 0 Å². The summed E-state index contributed by atoms with van der Waals surface area (Å²) in [6.45, 7) is 0.418. The van der Waals surface area contributed by atoms with Crippen LogP contribution in [-0.4, -0.2) is 41.8 Å². The zero-order valence-corrected chi connectivity index (χ0v) is 13.7. The van der Waals surface area contributed by atoms with E-state index in [1.165, 1.54) is 7.11 Å². The molecule has 3 rings (SSSR count). The monoisotopic (exact) mass is 328 g/mol. The number of rotatable bonds is 5. The van der Waals surface area contributed by atoms with Gasteiger partial charge in [0, 0.05) is 19.9 Å². The average Bonchev–Trinajstić information content (AvgIpc) is 3.10. The molecule has 6 nitrogen and oxygen atoms in total. The van der Waals surface area contributed by atoms with E-state index in [4.69, 9.17) is 9.47 Å². The Morgan fingerprint density at radius 1 is 1.12 bits per heavy atom. The number of ether oxygens (including phenoxy) is 2. The van der Waals surface area contributed by atoms with Crippen LogP contribution in [0.5, 0.6) is 0 Å². The van der Waals surface area contributed by atoms with Gasteiger partial charge in [0.05, 0.1) is 19.6 Å². The van der Waals surface area contributed by atoms with E-state index < -0.39 is 6.23 Å². The van der Waals surface area contributed by atoms with Gasteiger partial charge in [-0.15, -0.1) is 0 Å². The van der Waals surface area contributed by atoms with Crippen LogP contribution in [0, 0.1) is 0 Å². The topological polar surface area (TPSA) is 60.8 Å². The normalized spacial score (nSPS) is 19.9. The van der Waals surface area contributed by atoms with Crippen molar-refractivity contribution < 1.29 is 19.1 Å². The third kappa shape index (κ3) is 2.92. The summed E-state index contributed by atoms with van der Waals surface area (Å²) in [4.78, 5) is 26.4. The Bertz CT molecular complexity index is 726. The zero-order valence-electron chi connectivity index (χ0n) is 13.7. The molecule has 1 aliphatic heterocycles. The van der Waals surface area contributed by atoms with Crippen LogP contribution in [0.2, 0.25) is 0 Å². The quantitative estimate of drug-likeness (QED) is 0.790. The first-order valence-electron chi connectivity index (χ1n) is 7.77. The fraction of sp³-hybridized carbons (Fsp3) is 0.333. The van der Waals surface area contributed by atoms with Crippen LogP contribution in [0.3, 0.4) is 0 Å². The molecule has 24 heavy (non-hydrogen) atoms. The van der Waals surface area contributed by atoms with Gasteiger partial charge in [0.2, 0.25) is 0 Å². The maximum atomic E-state index is 12.9. The first-order chi connectivity index (χ1) is 11.7. The van der Waals surface area contributed by atoms with Crippen LogP contribution in [-0.2, 0) is 20.8 Å². The number of nitrogens with zero attached hydrogens (tertiary/aromatic N) is 2. The highest BCUT2D eigenvalue weighted by Crippen LogP contribution is 2.32. The molecule has 1 aromatic heterocycles. The second kappa shape index (κ2) is 6.88. The van der Waals surface area contributed by atoms with E-state index in [1.54, 1.807) is 34.9 Å². The van der Waals surface area contributed by atoms with E-state index in [-0.39, 0.29) is 24.3 Å². The van der Waals surface area contributed by atoms with Crippen LogP contribution in [0.4, 0.5) is 0 Å². The van der Waals surface area contributed by atoms with Gasteiger partial charge < -0.3 is 18.9 Å². The first kappa shape index (κ1) is 16.3. The van der Waals surface area contributed by atoms with E-state index in [0.29, 0.717) is 12.2 Å². The largest absolute Gasteiger partial charge is 0.469 e. The summed E-state index contributed by atoms with van der Waals surface area (Å²) >= 11 is 0. The number of fused-ring (bicyclic) bond motifs is 1. The summed E-state index contributed by atoms with van der Waals surface area (Å²) in [5, 5.41) is 0. The van der Waals surface area contributed by atoms with Gasteiger partial charge >= 0.3 is 5.97 Å². The molecule has 0 aliphatic carbocycles. The molecule has 2 heterocycles. The van der Waals surface area contributed by atoms with Gasteiger partial charge in [-0.25, -0.2) is 0 Å². The van der Waals surface area contributed by atoms with E-state index in [1.807, 2.05) is 30.3 Å². The third-order valence-corrected chi connectivity index (χ3v) is 4.29. The molecule has 0 saturated carbocycles. The Labute approximate surface area is 140 Å². The number of hydrogen-bond donors (Lipinski definition) is 0. The van der Waals surface area contributed by atoms with Crippen LogP contribution in [0.1, 0.15) is 28.5 Å². The van der Waals surface area contributed by atoms with Crippen LogP contribution < -0.4 is 0 Å². The lowest BCUT2D eigenvalue weighted by molar-refractivity contribution is -0.145. The summed E-state index contributed by atoms with van der Waals surface area (Å²) in [5.41, 5.74) is 1.55. The van der Waals surface area contributed by atoms with Gasteiger partial charge in [-0.2, -0.15) is 0 Å². The van der Waals surface area contributed by atoms with Gasteiger partial charge in [0.1, 0.15) is 5.69 Å². The van der Waals surface area contributed by atoms with Crippen LogP contribution in [0.25, 0.3) is 0 Å². The number of hydrogen-bond acceptors (Lipinski definition) is 4. The number of carbonyl (C=O) groups excluding carboxylic acids is 2. The van der Waals surface area contributed by atoms with Gasteiger partial charge in [-0.05, 0) is 17.7 Å². The van der Waals surface area contributed by atoms with Crippen molar-refractivity contribution in [2.75, 3.05) is 14.2 Å². The Morgan fingerprint density at radius 3 is 2.54 bits per heavy atom. The predicted octanol–water partition coefficient (Wildman–Crippen LogP) is 2.22. The standard InChI is InChI=1S/C18H20N2O4/c1-23-16(21)11-15-18(24-2)20(12-13-7-4-3-5-8-13)17(22)14-9-6-10-19(14)15/h3-10,15,18H,11-12H2,1-2H3/t15-,18-/m1/s1. The minimum atomic E-state index is -0.545. The molecule has 0 bridgehead atoms. The second-order valence-electron chi connectivity index (χ2n) is 5.69. The van der Waals surface area contributed by atoms with Crippen molar-refractivity contribution in [3.05, 3.63) is 59.9 Å². The van der Waals surface area contributed by atoms with Crippen LogP contribution >= 0.6 is 0 Å². The molecule has 0 N–H and O–H groups in total. The summed E-state index contributed by atoms with van der Waals surface area (Å²) < 4.78 is 12.2. The minimum absolute atomic E-state index is 0.114. The molecular formula is C18H20N2O4. The molecule has 2 aromatic rings. The number of methoxy groups -OCH3 is 2. The van der Waals surface area contributed by atoms with Crippen molar-refractivity contribution in [2.24, 2.45) is 0 Å². The lowest BCUT2D eigenvalue weighted by Gasteiger charge is -2.41. The number of carbonyl (C=O) groups is 2. The Morgan fingerprint density at radius 2 is 1.88 bits per heavy atom. The van der Waals surface area contributed by atoms with Gasteiger partial charge in [-0.1, -0.05) is 30.3 Å². The van der Waals surface area contributed by atoms with Crippen molar-refractivity contribution in [3.63, 3.8) is 0 Å². The number of amides is 1. The molecule has 2 atom stereocenters. The highest BCUT2D eigenvalue weighted by atomic mass is 16.5. The molecule has 1 amide bonds. The molecule has 0 unspecified atom stereocenters. The highest BCUT2D eigenvalue weighted by molar-refractivity contribution is 5.94. The van der Waals surface area contributed by atoms with Crippen molar-refractivity contribution in [2.45, 2.75) is 25.2 Å². The number of esters is 1. The molecule has 1 aliphatic rings. The fourth-order valence-corrected chi connectivity index (χ4v) is 3.15.